The molecule has 0 amide bonds. The number of aromatic amines is 1. The molecule has 0 bridgehead atoms. The molecule has 102 valence electrons. The molecule has 0 radical (unpaired) electrons. The zero-order valence-corrected chi connectivity index (χ0v) is 11.7. The van der Waals surface area contributed by atoms with Crippen molar-refractivity contribution in [2.75, 3.05) is 0 Å². The van der Waals surface area contributed by atoms with Crippen molar-refractivity contribution in [1.29, 1.82) is 0 Å². The molecule has 2 aromatic rings. The molecule has 6 heteroatoms. The van der Waals surface area contributed by atoms with Gasteiger partial charge in [0.1, 0.15) is 11.4 Å². The normalized spacial score (nSPS) is 11.6. The van der Waals surface area contributed by atoms with Crippen molar-refractivity contribution in [3.8, 4) is 11.5 Å². The minimum Gasteiger partial charge on any atom is -0.459 e. The van der Waals surface area contributed by atoms with Crippen LogP contribution in [0.4, 0.5) is 0 Å². The van der Waals surface area contributed by atoms with Gasteiger partial charge in [0.25, 0.3) is 0 Å². The van der Waals surface area contributed by atoms with Crippen LogP contribution in [-0.4, -0.2) is 27.0 Å². The number of aromatic nitrogens is 3. The Balaban J connectivity index is 2.35. The lowest BCUT2D eigenvalue weighted by atomic mass is 10.2. The SMILES string of the molecule is Cc1cc(-c2n[nH]nc2C(=O)OC(C)(C)C)oc1C. The summed E-state index contributed by atoms with van der Waals surface area (Å²) in [6.07, 6.45) is 0. The Morgan fingerprint density at radius 1 is 1.32 bits per heavy atom. The molecular weight excluding hydrogens is 246 g/mol. The van der Waals surface area contributed by atoms with E-state index in [4.69, 9.17) is 9.15 Å². The number of carbonyl (C=O) groups is 1. The smallest absolute Gasteiger partial charge is 0.361 e. The Labute approximate surface area is 111 Å². The zero-order chi connectivity index (χ0) is 14.2. The fourth-order valence-corrected chi connectivity index (χ4v) is 1.56. The molecule has 0 aliphatic rings. The Bertz CT molecular complexity index is 585. The van der Waals surface area contributed by atoms with Gasteiger partial charge in [-0.15, -0.1) is 5.10 Å². The van der Waals surface area contributed by atoms with E-state index in [1.807, 2.05) is 19.9 Å². The maximum absolute atomic E-state index is 12.0. The van der Waals surface area contributed by atoms with Crippen molar-refractivity contribution in [3.05, 3.63) is 23.1 Å². The first-order valence-corrected chi connectivity index (χ1v) is 5.99. The number of ether oxygens (including phenoxy) is 1. The average molecular weight is 263 g/mol. The summed E-state index contributed by atoms with van der Waals surface area (Å²) < 4.78 is 10.8. The van der Waals surface area contributed by atoms with Gasteiger partial charge in [0.2, 0.25) is 5.69 Å². The number of rotatable bonds is 2. The van der Waals surface area contributed by atoms with Crippen molar-refractivity contribution in [3.63, 3.8) is 0 Å². The second kappa shape index (κ2) is 4.53. The highest BCUT2D eigenvalue weighted by atomic mass is 16.6. The highest BCUT2D eigenvalue weighted by Crippen LogP contribution is 2.26. The highest BCUT2D eigenvalue weighted by Gasteiger charge is 2.26. The lowest BCUT2D eigenvalue weighted by molar-refractivity contribution is 0.00635. The van der Waals surface area contributed by atoms with Crippen LogP contribution in [0.15, 0.2) is 10.5 Å². The van der Waals surface area contributed by atoms with Gasteiger partial charge in [-0.1, -0.05) is 0 Å². The summed E-state index contributed by atoms with van der Waals surface area (Å²) >= 11 is 0. The van der Waals surface area contributed by atoms with Crippen LogP contribution in [0.3, 0.4) is 0 Å². The maximum Gasteiger partial charge on any atom is 0.361 e. The van der Waals surface area contributed by atoms with E-state index in [1.54, 1.807) is 20.8 Å². The van der Waals surface area contributed by atoms with Gasteiger partial charge in [-0.05, 0) is 46.2 Å². The van der Waals surface area contributed by atoms with Crippen LogP contribution in [-0.2, 0) is 4.74 Å². The molecule has 0 aliphatic carbocycles. The predicted molar refractivity (Wildman–Crippen MR) is 68.7 cm³/mol. The molecule has 2 aromatic heterocycles. The van der Waals surface area contributed by atoms with E-state index in [1.165, 1.54) is 0 Å². The minimum absolute atomic E-state index is 0.128. The quantitative estimate of drug-likeness (QED) is 0.842. The lowest BCUT2D eigenvalue weighted by Crippen LogP contribution is -2.24. The molecule has 0 spiro atoms. The molecule has 0 aromatic carbocycles. The van der Waals surface area contributed by atoms with Gasteiger partial charge >= 0.3 is 5.97 Å². The van der Waals surface area contributed by atoms with Gasteiger partial charge < -0.3 is 9.15 Å². The molecule has 0 unspecified atom stereocenters. The first-order chi connectivity index (χ1) is 8.78. The molecule has 2 heterocycles. The molecule has 0 aliphatic heterocycles. The Kier molecular flexibility index (Phi) is 3.18. The molecular formula is C13H17N3O3. The third-order valence-corrected chi connectivity index (χ3v) is 2.54. The van der Waals surface area contributed by atoms with Crippen LogP contribution in [0.25, 0.3) is 11.5 Å². The summed E-state index contributed by atoms with van der Waals surface area (Å²) in [6, 6.07) is 1.82. The maximum atomic E-state index is 12.0. The van der Waals surface area contributed by atoms with Crippen molar-refractivity contribution in [1.82, 2.24) is 15.4 Å². The molecule has 2 rings (SSSR count). The third-order valence-electron chi connectivity index (χ3n) is 2.54. The number of hydrogen-bond acceptors (Lipinski definition) is 5. The Morgan fingerprint density at radius 2 is 2.00 bits per heavy atom. The van der Waals surface area contributed by atoms with E-state index in [-0.39, 0.29) is 5.69 Å². The van der Waals surface area contributed by atoms with Crippen LogP contribution < -0.4 is 0 Å². The fraction of sp³-hybridized carbons (Fsp3) is 0.462. The van der Waals surface area contributed by atoms with E-state index in [0.717, 1.165) is 11.3 Å². The molecule has 0 saturated heterocycles. The largest absolute Gasteiger partial charge is 0.459 e. The van der Waals surface area contributed by atoms with Gasteiger partial charge in [-0.2, -0.15) is 10.3 Å². The molecule has 19 heavy (non-hydrogen) atoms. The number of carbonyl (C=O) groups excluding carboxylic acids is 1. The highest BCUT2D eigenvalue weighted by molar-refractivity contribution is 5.93. The number of nitrogens with zero attached hydrogens (tertiary/aromatic N) is 2. The van der Waals surface area contributed by atoms with E-state index in [2.05, 4.69) is 15.4 Å². The second-order valence-corrected chi connectivity index (χ2v) is 5.37. The van der Waals surface area contributed by atoms with E-state index in [0.29, 0.717) is 11.5 Å². The molecule has 0 saturated carbocycles. The summed E-state index contributed by atoms with van der Waals surface area (Å²) in [5.74, 6) is 0.765. The summed E-state index contributed by atoms with van der Waals surface area (Å²) in [5.41, 5.74) is 0.907. The summed E-state index contributed by atoms with van der Waals surface area (Å²) in [4.78, 5) is 12.0. The topological polar surface area (TPSA) is 81.0 Å². The van der Waals surface area contributed by atoms with Gasteiger partial charge in [0.05, 0.1) is 0 Å². The van der Waals surface area contributed by atoms with Crippen LogP contribution >= 0.6 is 0 Å². The van der Waals surface area contributed by atoms with E-state index in [9.17, 15) is 4.79 Å². The summed E-state index contributed by atoms with van der Waals surface area (Å²) in [7, 11) is 0. The second-order valence-electron chi connectivity index (χ2n) is 5.37. The minimum atomic E-state index is -0.581. The predicted octanol–water partition coefficient (Wildman–Crippen LogP) is 2.64. The fourth-order valence-electron chi connectivity index (χ4n) is 1.56. The van der Waals surface area contributed by atoms with Crippen LogP contribution in [0.5, 0.6) is 0 Å². The zero-order valence-electron chi connectivity index (χ0n) is 11.7. The van der Waals surface area contributed by atoms with Gasteiger partial charge in [0, 0.05) is 0 Å². The van der Waals surface area contributed by atoms with Gasteiger partial charge in [0.15, 0.2) is 11.5 Å². The summed E-state index contributed by atoms with van der Waals surface area (Å²) in [5, 5.41) is 10.2. The van der Waals surface area contributed by atoms with E-state index >= 15 is 0 Å². The van der Waals surface area contributed by atoms with Crippen LogP contribution in [0.2, 0.25) is 0 Å². The first-order valence-electron chi connectivity index (χ1n) is 5.99. The lowest BCUT2D eigenvalue weighted by Gasteiger charge is -2.18. The number of nitrogens with one attached hydrogen (secondary N) is 1. The number of aryl methyl sites for hydroxylation is 2. The van der Waals surface area contributed by atoms with Gasteiger partial charge in [-0.3, -0.25) is 0 Å². The third kappa shape index (κ3) is 2.83. The average Bonchev–Trinajstić information content (AvgIpc) is 2.83. The van der Waals surface area contributed by atoms with E-state index < -0.39 is 11.6 Å². The number of furan rings is 1. The first kappa shape index (κ1) is 13.3. The molecule has 1 N–H and O–H groups in total. The Morgan fingerprint density at radius 3 is 2.53 bits per heavy atom. The van der Waals surface area contributed by atoms with Crippen LogP contribution in [0, 0.1) is 13.8 Å². The molecule has 6 nitrogen and oxygen atoms in total. The van der Waals surface area contributed by atoms with Crippen LogP contribution in [0.1, 0.15) is 42.6 Å². The summed E-state index contributed by atoms with van der Waals surface area (Å²) in [6.45, 7) is 9.17. The molecule has 0 fully saturated rings. The van der Waals surface area contributed by atoms with Crippen molar-refractivity contribution in [2.45, 2.75) is 40.2 Å². The van der Waals surface area contributed by atoms with Crippen molar-refractivity contribution < 1.29 is 13.9 Å². The van der Waals surface area contributed by atoms with Gasteiger partial charge in [-0.25, -0.2) is 4.79 Å². The monoisotopic (exact) mass is 263 g/mol. The standard InChI is InChI=1S/C13H17N3O3/c1-7-6-9(18-8(7)2)10-11(15-16-14-10)12(17)19-13(3,4)5/h6H,1-5H3,(H,14,15,16). The van der Waals surface area contributed by atoms with Crippen molar-refractivity contribution in [2.24, 2.45) is 0 Å². The number of H-pyrrole nitrogens is 1. The number of hydrogen-bond donors (Lipinski definition) is 1. The number of esters is 1. The molecule has 0 atom stereocenters. The van der Waals surface area contributed by atoms with Crippen molar-refractivity contribution >= 4 is 5.97 Å². The Hall–Kier alpha value is -2.11.